The summed E-state index contributed by atoms with van der Waals surface area (Å²) >= 11 is 0. The first kappa shape index (κ1) is 18.5. The van der Waals surface area contributed by atoms with Gasteiger partial charge in [-0.1, -0.05) is 94.3 Å². The van der Waals surface area contributed by atoms with E-state index in [1.165, 1.54) is 61.3 Å². The minimum absolute atomic E-state index is 0.0517. The molecule has 2 aromatic rings. The maximum absolute atomic E-state index is 11.7. The standard InChI is InChI=1S/C22H31NO/c1-3-4-5-6-7-8-9-17-22(23-18(2)24)21-16-12-14-19-13-10-11-15-20(19)21/h10-16,22H,3-9,17H2,1-2H3,(H,23,24). The Bertz CT molecular complexity index is 629. The van der Waals surface area contributed by atoms with Crippen LogP contribution in [-0.4, -0.2) is 5.91 Å². The summed E-state index contributed by atoms with van der Waals surface area (Å²) < 4.78 is 0. The van der Waals surface area contributed by atoms with Crippen LogP contribution in [0.3, 0.4) is 0 Å². The molecule has 0 aliphatic carbocycles. The van der Waals surface area contributed by atoms with Crippen molar-refractivity contribution in [2.75, 3.05) is 0 Å². The van der Waals surface area contributed by atoms with Crippen LogP contribution in [0.4, 0.5) is 0 Å². The number of nitrogens with one attached hydrogen (secondary N) is 1. The highest BCUT2D eigenvalue weighted by Crippen LogP contribution is 2.28. The van der Waals surface area contributed by atoms with Crippen molar-refractivity contribution in [1.29, 1.82) is 0 Å². The molecule has 0 heterocycles. The van der Waals surface area contributed by atoms with Gasteiger partial charge in [0.1, 0.15) is 0 Å². The molecule has 2 rings (SSSR count). The second-order valence-electron chi connectivity index (χ2n) is 6.73. The third-order valence-corrected chi connectivity index (χ3v) is 4.67. The molecule has 130 valence electrons. The highest BCUT2D eigenvalue weighted by Gasteiger charge is 2.14. The summed E-state index contributed by atoms with van der Waals surface area (Å²) in [6.45, 7) is 3.87. The second kappa shape index (κ2) is 10.1. The normalized spacial score (nSPS) is 12.2. The van der Waals surface area contributed by atoms with Gasteiger partial charge in [-0.3, -0.25) is 4.79 Å². The summed E-state index contributed by atoms with van der Waals surface area (Å²) in [6, 6.07) is 14.9. The average molecular weight is 325 g/mol. The van der Waals surface area contributed by atoms with Gasteiger partial charge < -0.3 is 5.32 Å². The minimum atomic E-state index is 0.0517. The van der Waals surface area contributed by atoms with Crippen molar-refractivity contribution in [3.8, 4) is 0 Å². The predicted molar refractivity (Wildman–Crippen MR) is 103 cm³/mol. The Labute approximate surface area is 146 Å². The van der Waals surface area contributed by atoms with Crippen molar-refractivity contribution >= 4 is 16.7 Å². The van der Waals surface area contributed by atoms with Gasteiger partial charge in [0.05, 0.1) is 6.04 Å². The quantitative estimate of drug-likeness (QED) is 0.521. The number of rotatable bonds is 10. The first-order chi connectivity index (χ1) is 11.7. The number of carbonyl (C=O) groups excluding carboxylic acids is 1. The van der Waals surface area contributed by atoms with Crippen molar-refractivity contribution in [3.05, 3.63) is 48.0 Å². The molecule has 2 nitrogen and oxygen atoms in total. The van der Waals surface area contributed by atoms with Gasteiger partial charge in [0.2, 0.25) is 5.91 Å². The number of amides is 1. The zero-order valence-corrected chi connectivity index (χ0v) is 15.2. The van der Waals surface area contributed by atoms with Crippen molar-refractivity contribution in [2.45, 2.75) is 71.3 Å². The Balaban J connectivity index is 1.98. The van der Waals surface area contributed by atoms with Crippen LogP contribution in [0, 0.1) is 0 Å². The van der Waals surface area contributed by atoms with E-state index in [-0.39, 0.29) is 11.9 Å². The molecule has 1 atom stereocenters. The number of hydrogen-bond donors (Lipinski definition) is 1. The van der Waals surface area contributed by atoms with E-state index < -0.39 is 0 Å². The van der Waals surface area contributed by atoms with Gasteiger partial charge in [-0.25, -0.2) is 0 Å². The lowest BCUT2D eigenvalue weighted by Gasteiger charge is -2.20. The van der Waals surface area contributed by atoms with Gasteiger partial charge in [-0.15, -0.1) is 0 Å². The molecule has 2 heteroatoms. The van der Waals surface area contributed by atoms with Crippen LogP contribution in [0.2, 0.25) is 0 Å². The Hall–Kier alpha value is -1.83. The molecule has 0 aromatic heterocycles. The van der Waals surface area contributed by atoms with Gasteiger partial charge in [0.15, 0.2) is 0 Å². The van der Waals surface area contributed by atoms with Gasteiger partial charge >= 0.3 is 0 Å². The molecule has 0 fully saturated rings. The van der Waals surface area contributed by atoms with E-state index in [9.17, 15) is 4.79 Å². The lowest BCUT2D eigenvalue weighted by Crippen LogP contribution is -2.26. The molecule has 0 aliphatic rings. The largest absolute Gasteiger partial charge is 0.350 e. The van der Waals surface area contributed by atoms with E-state index in [2.05, 4.69) is 54.7 Å². The fourth-order valence-electron chi connectivity index (χ4n) is 3.41. The zero-order valence-electron chi connectivity index (χ0n) is 15.2. The summed E-state index contributed by atoms with van der Waals surface area (Å²) in [5.41, 5.74) is 1.24. The zero-order chi connectivity index (χ0) is 17.2. The molecule has 0 saturated heterocycles. The molecule has 0 aliphatic heterocycles. The SMILES string of the molecule is CCCCCCCCCC(NC(C)=O)c1cccc2ccccc12. The number of unbranched alkanes of at least 4 members (excludes halogenated alkanes) is 6. The summed E-state index contributed by atoms with van der Waals surface area (Å²) in [4.78, 5) is 11.7. The van der Waals surface area contributed by atoms with Crippen molar-refractivity contribution in [3.63, 3.8) is 0 Å². The van der Waals surface area contributed by atoms with E-state index in [0.717, 1.165) is 6.42 Å². The maximum atomic E-state index is 11.7. The molecule has 1 N–H and O–H groups in total. The van der Waals surface area contributed by atoms with E-state index in [1.807, 2.05) is 0 Å². The van der Waals surface area contributed by atoms with E-state index in [4.69, 9.17) is 0 Å². The lowest BCUT2D eigenvalue weighted by molar-refractivity contribution is -0.119. The Morgan fingerprint density at radius 1 is 0.917 bits per heavy atom. The molecule has 0 bridgehead atoms. The first-order valence-electron chi connectivity index (χ1n) is 9.47. The van der Waals surface area contributed by atoms with Crippen molar-refractivity contribution < 1.29 is 4.79 Å². The first-order valence-corrected chi connectivity index (χ1v) is 9.47. The molecule has 24 heavy (non-hydrogen) atoms. The van der Waals surface area contributed by atoms with Gasteiger partial charge in [0.25, 0.3) is 0 Å². The summed E-state index contributed by atoms with van der Waals surface area (Å²) in [7, 11) is 0. The summed E-state index contributed by atoms with van der Waals surface area (Å²) in [5.74, 6) is 0.0517. The van der Waals surface area contributed by atoms with E-state index in [0.29, 0.717) is 0 Å². The number of carbonyl (C=O) groups is 1. The van der Waals surface area contributed by atoms with Crippen molar-refractivity contribution in [2.24, 2.45) is 0 Å². The fourth-order valence-corrected chi connectivity index (χ4v) is 3.41. The van der Waals surface area contributed by atoms with Gasteiger partial charge in [-0.2, -0.15) is 0 Å². The van der Waals surface area contributed by atoms with E-state index in [1.54, 1.807) is 6.92 Å². The predicted octanol–water partition coefficient (Wildman–Crippen LogP) is 6.16. The van der Waals surface area contributed by atoms with Crippen LogP contribution in [-0.2, 0) is 4.79 Å². The molecular weight excluding hydrogens is 294 g/mol. The number of benzene rings is 2. The molecular formula is C22H31NO. The van der Waals surface area contributed by atoms with Crippen LogP contribution >= 0.6 is 0 Å². The highest BCUT2D eigenvalue weighted by molar-refractivity contribution is 5.86. The van der Waals surface area contributed by atoms with E-state index >= 15 is 0 Å². The summed E-state index contributed by atoms with van der Waals surface area (Å²) in [5, 5.41) is 5.65. The number of hydrogen-bond acceptors (Lipinski definition) is 1. The molecule has 0 spiro atoms. The lowest BCUT2D eigenvalue weighted by atomic mass is 9.94. The average Bonchev–Trinajstić information content (AvgIpc) is 2.59. The van der Waals surface area contributed by atoms with Gasteiger partial charge in [0, 0.05) is 6.92 Å². The van der Waals surface area contributed by atoms with Crippen LogP contribution in [0.25, 0.3) is 10.8 Å². The Morgan fingerprint density at radius 2 is 1.58 bits per heavy atom. The van der Waals surface area contributed by atoms with Crippen LogP contribution in [0.5, 0.6) is 0 Å². The van der Waals surface area contributed by atoms with Crippen LogP contribution < -0.4 is 5.32 Å². The smallest absolute Gasteiger partial charge is 0.217 e. The molecule has 0 radical (unpaired) electrons. The monoisotopic (exact) mass is 325 g/mol. The molecule has 2 aromatic carbocycles. The van der Waals surface area contributed by atoms with Crippen LogP contribution in [0.15, 0.2) is 42.5 Å². The van der Waals surface area contributed by atoms with Gasteiger partial charge in [-0.05, 0) is 22.8 Å². The second-order valence-corrected chi connectivity index (χ2v) is 6.73. The van der Waals surface area contributed by atoms with Crippen LogP contribution in [0.1, 0.15) is 76.8 Å². The summed E-state index contributed by atoms with van der Waals surface area (Å²) in [6.07, 6.45) is 10.1. The molecule has 0 saturated carbocycles. The minimum Gasteiger partial charge on any atom is -0.350 e. The Kier molecular flexibility index (Phi) is 7.81. The topological polar surface area (TPSA) is 29.1 Å². The highest BCUT2D eigenvalue weighted by atomic mass is 16.1. The fraction of sp³-hybridized carbons (Fsp3) is 0.500. The molecule has 1 unspecified atom stereocenters. The number of fused-ring (bicyclic) bond motifs is 1. The Morgan fingerprint density at radius 3 is 2.33 bits per heavy atom. The maximum Gasteiger partial charge on any atom is 0.217 e. The third-order valence-electron chi connectivity index (χ3n) is 4.67. The third kappa shape index (κ3) is 5.67. The van der Waals surface area contributed by atoms with Crippen molar-refractivity contribution in [1.82, 2.24) is 5.32 Å². The molecule has 1 amide bonds.